The van der Waals surface area contributed by atoms with Gasteiger partial charge in [0.1, 0.15) is 0 Å². The van der Waals surface area contributed by atoms with Crippen molar-refractivity contribution in [2.45, 2.75) is 0 Å². The minimum absolute atomic E-state index is 0.0492. The van der Waals surface area contributed by atoms with Crippen molar-refractivity contribution in [1.82, 2.24) is 0 Å². The molecule has 14 heavy (non-hydrogen) atoms. The Morgan fingerprint density at radius 3 is 2.64 bits per heavy atom. The zero-order chi connectivity index (χ0) is 10.7. The van der Waals surface area contributed by atoms with Gasteiger partial charge in [-0.1, -0.05) is 0 Å². The van der Waals surface area contributed by atoms with Crippen LogP contribution < -0.4 is 4.74 Å². The summed E-state index contributed by atoms with van der Waals surface area (Å²) in [5, 5.41) is 11.7. The lowest BCUT2D eigenvalue weighted by molar-refractivity contribution is -0.385. The van der Waals surface area contributed by atoms with E-state index in [0.29, 0.717) is 0 Å². The van der Waals surface area contributed by atoms with E-state index in [-0.39, 0.29) is 16.3 Å². The van der Waals surface area contributed by atoms with Crippen molar-refractivity contribution in [3.05, 3.63) is 20.4 Å². The van der Waals surface area contributed by atoms with Crippen LogP contribution in [0.4, 0.5) is 5.69 Å². The number of hydrogen-bond acceptors (Lipinski definition) is 6. The van der Waals surface area contributed by atoms with E-state index >= 15 is 0 Å². The molecule has 1 rings (SSSR count). The lowest BCUT2D eigenvalue weighted by Gasteiger charge is -1.99. The number of thiophene rings is 1. The van der Waals surface area contributed by atoms with Gasteiger partial charge in [-0.2, -0.15) is 0 Å². The van der Waals surface area contributed by atoms with Crippen molar-refractivity contribution < 1.29 is 19.2 Å². The van der Waals surface area contributed by atoms with Crippen LogP contribution in [0.5, 0.6) is 5.75 Å². The van der Waals surface area contributed by atoms with Crippen molar-refractivity contribution in [2.75, 3.05) is 14.2 Å². The first-order valence-corrected chi connectivity index (χ1v) is 4.38. The van der Waals surface area contributed by atoms with Crippen LogP contribution in [0.3, 0.4) is 0 Å². The fourth-order valence-corrected chi connectivity index (χ4v) is 1.79. The van der Waals surface area contributed by atoms with E-state index in [1.165, 1.54) is 19.6 Å². The topological polar surface area (TPSA) is 78.7 Å². The maximum absolute atomic E-state index is 11.1. The summed E-state index contributed by atoms with van der Waals surface area (Å²) in [6.45, 7) is 0. The van der Waals surface area contributed by atoms with Gasteiger partial charge in [0.15, 0.2) is 4.88 Å². The molecule has 6 nitrogen and oxygen atoms in total. The van der Waals surface area contributed by atoms with Gasteiger partial charge in [-0.05, 0) is 0 Å². The molecular formula is C7H7NO5S. The highest BCUT2D eigenvalue weighted by molar-refractivity contribution is 7.12. The van der Waals surface area contributed by atoms with Crippen LogP contribution in [-0.2, 0) is 4.74 Å². The number of rotatable bonds is 3. The number of hydrogen-bond donors (Lipinski definition) is 0. The van der Waals surface area contributed by atoms with Crippen molar-refractivity contribution in [3.63, 3.8) is 0 Å². The van der Waals surface area contributed by atoms with E-state index in [0.717, 1.165) is 11.3 Å². The lowest BCUT2D eigenvalue weighted by Crippen LogP contribution is -2.01. The van der Waals surface area contributed by atoms with Gasteiger partial charge in [0, 0.05) is 0 Å². The van der Waals surface area contributed by atoms with Crippen molar-refractivity contribution in [2.24, 2.45) is 0 Å². The first-order chi connectivity index (χ1) is 6.61. The molecule has 0 saturated carbocycles. The molecule has 0 aliphatic heterocycles. The largest absolute Gasteiger partial charge is 0.489 e. The fraction of sp³-hybridized carbons (Fsp3) is 0.286. The molecule has 1 aromatic rings. The summed E-state index contributed by atoms with van der Waals surface area (Å²) in [5.41, 5.74) is -0.224. The SMILES string of the molecule is COC(=O)c1scc([N+](=O)[O-])c1OC. The number of ether oxygens (including phenoxy) is 2. The Bertz CT molecular complexity index is 372. The van der Waals surface area contributed by atoms with Gasteiger partial charge in [0.2, 0.25) is 5.75 Å². The molecule has 0 aromatic carbocycles. The highest BCUT2D eigenvalue weighted by Gasteiger charge is 2.26. The van der Waals surface area contributed by atoms with Gasteiger partial charge in [-0.15, -0.1) is 11.3 Å². The van der Waals surface area contributed by atoms with E-state index < -0.39 is 10.9 Å². The molecule has 0 bridgehead atoms. The van der Waals surface area contributed by atoms with Crippen molar-refractivity contribution >= 4 is 23.0 Å². The number of methoxy groups -OCH3 is 2. The minimum Gasteiger partial charge on any atom is -0.489 e. The number of esters is 1. The number of carbonyl (C=O) groups is 1. The Hall–Kier alpha value is -1.63. The van der Waals surface area contributed by atoms with Gasteiger partial charge in [-0.3, -0.25) is 10.1 Å². The minimum atomic E-state index is -0.639. The maximum Gasteiger partial charge on any atom is 0.352 e. The smallest absolute Gasteiger partial charge is 0.352 e. The Morgan fingerprint density at radius 1 is 1.57 bits per heavy atom. The molecule has 0 saturated heterocycles. The molecule has 0 aliphatic rings. The maximum atomic E-state index is 11.1. The quantitative estimate of drug-likeness (QED) is 0.435. The van der Waals surface area contributed by atoms with Gasteiger partial charge < -0.3 is 9.47 Å². The predicted octanol–water partition coefficient (Wildman–Crippen LogP) is 1.45. The van der Waals surface area contributed by atoms with Gasteiger partial charge in [0.25, 0.3) is 0 Å². The van der Waals surface area contributed by atoms with Crippen LogP contribution in [0, 0.1) is 10.1 Å². The predicted molar refractivity (Wildman–Crippen MR) is 48.9 cm³/mol. The average molecular weight is 217 g/mol. The van der Waals surface area contributed by atoms with E-state index in [2.05, 4.69) is 4.74 Å². The Morgan fingerprint density at radius 2 is 2.21 bits per heavy atom. The number of nitrogens with zero attached hydrogens (tertiary/aromatic N) is 1. The molecule has 7 heteroatoms. The molecule has 0 aliphatic carbocycles. The summed E-state index contributed by atoms with van der Waals surface area (Å²) in [5.74, 6) is -0.688. The fourth-order valence-electron chi connectivity index (χ4n) is 0.895. The highest BCUT2D eigenvalue weighted by atomic mass is 32.1. The summed E-state index contributed by atoms with van der Waals surface area (Å²) in [6, 6.07) is 0. The van der Waals surface area contributed by atoms with Crippen LogP contribution in [0.15, 0.2) is 5.38 Å². The average Bonchev–Trinajstić information content (AvgIpc) is 2.59. The molecule has 0 fully saturated rings. The Labute approximate surface area is 83.2 Å². The molecular weight excluding hydrogens is 210 g/mol. The summed E-state index contributed by atoms with van der Waals surface area (Å²) in [4.78, 5) is 21.1. The summed E-state index contributed by atoms with van der Waals surface area (Å²) < 4.78 is 9.21. The van der Waals surface area contributed by atoms with Gasteiger partial charge >= 0.3 is 11.7 Å². The van der Waals surface area contributed by atoms with Crippen LogP contribution in [0.1, 0.15) is 9.67 Å². The molecule has 0 spiro atoms. The molecule has 0 radical (unpaired) electrons. The summed E-state index contributed by atoms with van der Waals surface area (Å²) in [7, 11) is 2.47. The normalized spacial score (nSPS) is 9.57. The second kappa shape index (κ2) is 4.05. The molecule has 0 N–H and O–H groups in total. The van der Waals surface area contributed by atoms with Crippen LogP contribution in [0.2, 0.25) is 0 Å². The Kier molecular flexibility index (Phi) is 3.03. The Balaban J connectivity index is 3.20. The third-order valence-electron chi connectivity index (χ3n) is 1.50. The summed E-state index contributed by atoms with van der Waals surface area (Å²) >= 11 is 0.921. The van der Waals surface area contributed by atoms with E-state index in [9.17, 15) is 14.9 Å². The molecule has 1 heterocycles. The standard InChI is InChI=1S/C7H7NO5S/c1-12-5-4(8(10)11)3-14-6(5)7(9)13-2/h3H,1-2H3. The highest BCUT2D eigenvalue weighted by Crippen LogP contribution is 2.36. The zero-order valence-corrected chi connectivity index (χ0v) is 8.29. The number of carbonyl (C=O) groups excluding carboxylic acids is 1. The summed E-state index contributed by atoms with van der Waals surface area (Å²) in [6.07, 6.45) is 0. The molecule has 0 amide bonds. The van der Waals surface area contributed by atoms with Crippen LogP contribution >= 0.6 is 11.3 Å². The van der Waals surface area contributed by atoms with E-state index in [1.54, 1.807) is 0 Å². The molecule has 0 unspecified atom stereocenters. The third kappa shape index (κ3) is 1.67. The monoisotopic (exact) mass is 217 g/mol. The molecule has 0 atom stereocenters. The van der Waals surface area contributed by atoms with E-state index in [1.807, 2.05) is 0 Å². The van der Waals surface area contributed by atoms with Gasteiger partial charge in [-0.25, -0.2) is 4.79 Å². The van der Waals surface area contributed by atoms with Crippen molar-refractivity contribution in [1.29, 1.82) is 0 Å². The zero-order valence-electron chi connectivity index (χ0n) is 7.47. The molecule has 76 valence electrons. The first kappa shape index (κ1) is 10.5. The number of nitro groups is 1. The van der Waals surface area contributed by atoms with Crippen LogP contribution in [0.25, 0.3) is 0 Å². The second-order valence-electron chi connectivity index (χ2n) is 2.23. The first-order valence-electron chi connectivity index (χ1n) is 3.50. The van der Waals surface area contributed by atoms with Crippen molar-refractivity contribution in [3.8, 4) is 5.75 Å². The van der Waals surface area contributed by atoms with Crippen LogP contribution in [-0.4, -0.2) is 25.1 Å². The molecule has 1 aromatic heterocycles. The van der Waals surface area contributed by atoms with E-state index in [4.69, 9.17) is 4.74 Å². The second-order valence-corrected chi connectivity index (χ2v) is 3.11. The van der Waals surface area contributed by atoms with Gasteiger partial charge in [0.05, 0.1) is 24.5 Å². The third-order valence-corrected chi connectivity index (χ3v) is 2.43. The lowest BCUT2D eigenvalue weighted by atomic mass is 10.4.